The minimum atomic E-state index is 0. The van der Waals surface area contributed by atoms with E-state index in [2.05, 4.69) is 46.7 Å². The van der Waals surface area contributed by atoms with Crippen molar-refractivity contribution in [1.82, 2.24) is 20.0 Å². The van der Waals surface area contributed by atoms with Crippen LogP contribution in [0, 0.1) is 0 Å². The van der Waals surface area contributed by atoms with Crippen molar-refractivity contribution in [3.8, 4) is 0 Å². The van der Waals surface area contributed by atoms with Crippen molar-refractivity contribution >= 4 is 41.3 Å². The second-order valence-electron chi connectivity index (χ2n) is 6.36. The highest BCUT2D eigenvalue weighted by Gasteiger charge is 2.25. The minimum absolute atomic E-state index is 0. The van der Waals surface area contributed by atoms with Gasteiger partial charge in [-0.2, -0.15) is 5.10 Å². The van der Waals surface area contributed by atoms with E-state index < -0.39 is 0 Å². The number of aryl methyl sites for hydroxylation is 1. The fourth-order valence-electron chi connectivity index (χ4n) is 2.96. The maximum Gasteiger partial charge on any atom is 0.194 e. The third-order valence-corrected chi connectivity index (χ3v) is 5.45. The number of rotatable bonds is 5. The number of aromatic nitrogens is 2. The van der Waals surface area contributed by atoms with E-state index in [4.69, 9.17) is 9.73 Å². The van der Waals surface area contributed by atoms with Crippen LogP contribution in [0.3, 0.4) is 0 Å². The average molecular weight is 489 g/mol. The van der Waals surface area contributed by atoms with Crippen LogP contribution < -0.4 is 5.32 Å². The van der Waals surface area contributed by atoms with E-state index in [1.165, 1.54) is 4.88 Å². The van der Waals surface area contributed by atoms with Crippen molar-refractivity contribution in [2.75, 3.05) is 32.8 Å². The molecular formula is C18H28IN5OS. The predicted molar refractivity (Wildman–Crippen MR) is 118 cm³/mol. The Bertz CT molecular complexity index is 688. The van der Waals surface area contributed by atoms with Crippen LogP contribution in [-0.2, 0) is 11.8 Å². The van der Waals surface area contributed by atoms with Gasteiger partial charge in [0.05, 0.1) is 25.9 Å². The van der Waals surface area contributed by atoms with Gasteiger partial charge in [0, 0.05) is 42.7 Å². The molecule has 1 fully saturated rings. The number of guanidine groups is 1. The topological polar surface area (TPSA) is 54.7 Å². The largest absolute Gasteiger partial charge is 0.370 e. The Hall–Kier alpha value is -1.13. The molecule has 0 saturated carbocycles. The van der Waals surface area contributed by atoms with E-state index in [1.54, 1.807) is 11.3 Å². The molecule has 3 rings (SSSR count). The SMILES string of the molecule is CCNC(=NCC(C)c1cccs1)N1CCOC(c2cnn(C)c2)C1.I. The summed E-state index contributed by atoms with van der Waals surface area (Å²) in [5.41, 5.74) is 1.12. The highest BCUT2D eigenvalue weighted by molar-refractivity contribution is 14.0. The van der Waals surface area contributed by atoms with Crippen LogP contribution in [0.25, 0.3) is 0 Å². The molecule has 1 N–H and O–H groups in total. The van der Waals surface area contributed by atoms with Gasteiger partial charge in [0.2, 0.25) is 0 Å². The maximum atomic E-state index is 5.94. The molecule has 0 radical (unpaired) electrons. The fourth-order valence-corrected chi connectivity index (χ4v) is 3.74. The van der Waals surface area contributed by atoms with Gasteiger partial charge in [-0.1, -0.05) is 13.0 Å². The van der Waals surface area contributed by atoms with Gasteiger partial charge >= 0.3 is 0 Å². The molecule has 2 aromatic heterocycles. The first-order chi connectivity index (χ1) is 12.2. The monoisotopic (exact) mass is 489 g/mol. The van der Waals surface area contributed by atoms with Crippen molar-refractivity contribution in [2.45, 2.75) is 25.9 Å². The number of hydrogen-bond acceptors (Lipinski definition) is 4. The summed E-state index contributed by atoms with van der Waals surface area (Å²) in [6.45, 7) is 8.35. The molecular weight excluding hydrogens is 461 g/mol. The number of halogens is 1. The standard InChI is InChI=1S/C18H27N5OS.HI/c1-4-19-18(20-10-14(2)17-6-5-9-25-17)23-7-8-24-16(13-23)15-11-21-22(3)12-15;/h5-6,9,11-12,14,16H,4,7-8,10,13H2,1-3H3,(H,19,20);1H. The first-order valence-electron chi connectivity index (χ1n) is 8.84. The van der Waals surface area contributed by atoms with Gasteiger partial charge in [0.25, 0.3) is 0 Å². The van der Waals surface area contributed by atoms with Crippen LogP contribution >= 0.6 is 35.3 Å². The highest BCUT2D eigenvalue weighted by atomic mass is 127. The molecule has 0 aromatic carbocycles. The molecule has 2 atom stereocenters. The van der Waals surface area contributed by atoms with Gasteiger partial charge < -0.3 is 15.0 Å². The van der Waals surface area contributed by atoms with Crippen LogP contribution in [0.2, 0.25) is 0 Å². The Morgan fingerprint density at radius 2 is 2.38 bits per heavy atom. The Kier molecular flexibility index (Phi) is 8.36. The number of nitrogens with one attached hydrogen (secondary N) is 1. The zero-order valence-electron chi connectivity index (χ0n) is 15.6. The zero-order chi connectivity index (χ0) is 17.6. The van der Waals surface area contributed by atoms with Gasteiger partial charge in [0.1, 0.15) is 6.10 Å². The lowest BCUT2D eigenvalue weighted by Gasteiger charge is -2.35. The van der Waals surface area contributed by atoms with Gasteiger partial charge in [-0.15, -0.1) is 35.3 Å². The van der Waals surface area contributed by atoms with Gasteiger partial charge in [0.15, 0.2) is 5.96 Å². The molecule has 0 amide bonds. The number of ether oxygens (including phenoxy) is 1. The normalized spacial score (nSPS) is 19.1. The Morgan fingerprint density at radius 1 is 1.54 bits per heavy atom. The number of thiophene rings is 1. The Balaban J connectivity index is 0.00000243. The van der Waals surface area contributed by atoms with E-state index >= 15 is 0 Å². The lowest BCUT2D eigenvalue weighted by Crippen LogP contribution is -2.48. The molecule has 144 valence electrons. The fraction of sp³-hybridized carbons (Fsp3) is 0.556. The van der Waals surface area contributed by atoms with Crippen LogP contribution in [-0.4, -0.2) is 53.4 Å². The highest BCUT2D eigenvalue weighted by Crippen LogP contribution is 2.23. The van der Waals surface area contributed by atoms with Gasteiger partial charge in [-0.25, -0.2) is 0 Å². The molecule has 3 heterocycles. The molecule has 1 aliphatic heterocycles. The minimum Gasteiger partial charge on any atom is -0.370 e. The number of hydrogen-bond donors (Lipinski definition) is 1. The summed E-state index contributed by atoms with van der Waals surface area (Å²) >= 11 is 1.80. The van der Waals surface area contributed by atoms with Crippen LogP contribution in [0.1, 0.15) is 36.3 Å². The Morgan fingerprint density at radius 3 is 3.04 bits per heavy atom. The van der Waals surface area contributed by atoms with Crippen molar-refractivity contribution < 1.29 is 4.74 Å². The summed E-state index contributed by atoms with van der Waals surface area (Å²) in [5.74, 6) is 1.41. The molecule has 2 aromatic rings. The van der Waals surface area contributed by atoms with Crippen LogP contribution in [0.4, 0.5) is 0 Å². The number of nitrogens with zero attached hydrogens (tertiary/aromatic N) is 4. The van der Waals surface area contributed by atoms with Gasteiger partial charge in [-0.3, -0.25) is 9.67 Å². The van der Waals surface area contributed by atoms with E-state index in [9.17, 15) is 0 Å². The quantitative estimate of drug-likeness (QED) is 0.398. The summed E-state index contributed by atoms with van der Waals surface area (Å²) in [6.07, 6.45) is 3.95. The van der Waals surface area contributed by atoms with Gasteiger partial charge in [-0.05, 0) is 18.4 Å². The third-order valence-electron chi connectivity index (χ3n) is 4.34. The molecule has 6 nitrogen and oxygen atoms in total. The second kappa shape index (κ2) is 10.3. The van der Waals surface area contributed by atoms with E-state index in [0.29, 0.717) is 12.5 Å². The molecule has 1 saturated heterocycles. The first-order valence-corrected chi connectivity index (χ1v) is 9.72. The summed E-state index contributed by atoms with van der Waals surface area (Å²) < 4.78 is 7.76. The van der Waals surface area contributed by atoms with E-state index in [1.807, 2.05) is 24.1 Å². The lowest BCUT2D eigenvalue weighted by molar-refractivity contribution is -0.00804. The molecule has 0 aliphatic carbocycles. The van der Waals surface area contributed by atoms with Crippen molar-refractivity contribution in [3.63, 3.8) is 0 Å². The first kappa shape index (κ1) is 21.2. The van der Waals surface area contributed by atoms with Crippen molar-refractivity contribution in [3.05, 3.63) is 40.3 Å². The van der Waals surface area contributed by atoms with E-state index in [0.717, 1.165) is 37.7 Å². The second-order valence-corrected chi connectivity index (χ2v) is 7.34. The molecule has 0 bridgehead atoms. The van der Waals surface area contributed by atoms with Crippen LogP contribution in [0.15, 0.2) is 34.9 Å². The molecule has 2 unspecified atom stereocenters. The smallest absolute Gasteiger partial charge is 0.194 e. The lowest BCUT2D eigenvalue weighted by atomic mass is 10.1. The summed E-state index contributed by atoms with van der Waals surface area (Å²) in [6, 6.07) is 4.29. The number of aliphatic imine (C=N–C) groups is 1. The maximum absolute atomic E-state index is 5.94. The zero-order valence-corrected chi connectivity index (χ0v) is 18.7. The summed E-state index contributed by atoms with van der Waals surface area (Å²) in [7, 11) is 1.93. The summed E-state index contributed by atoms with van der Waals surface area (Å²) in [4.78, 5) is 8.57. The molecule has 8 heteroatoms. The molecule has 26 heavy (non-hydrogen) atoms. The Labute approximate surface area is 176 Å². The van der Waals surface area contributed by atoms with Crippen molar-refractivity contribution in [2.24, 2.45) is 12.0 Å². The molecule has 0 spiro atoms. The average Bonchev–Trinajstić information content (AvgIpc) is 3.30. The number of morpholine rings is 1. The summed E-state index contributed by atoms with van der Waals surface area (Å²) in [5, 5.41) is 9.82. The van der Waals surface area contributed by atoms with E-state index in [-0.39, 0.29) is 30.1 Å². The molecule has 1 aliphatic rings. The third kappa shape index (κ3) is 5.43. The van der Waals surface area contributed by atoms with Crippen molar-refractivity contribution in [1.29, 1.82) is 0 Å². The van der Waals surface area contributed by atoms with Crippen LogP contribution in [0.5, 0.6) is 0 Å². The predicted octanol–water partition coefficient (Wildman–Crippen LogP) is 3.24.